The van der Waals surface area contributed by atoms with Crippen LogP contribution in [0.25, 0.3) is 0 Å². The Hall–Kier alpha value is -2.63. The Morgan fingerprint density at radius 1 is 1.08 bits per heavy atom. The molecule has 0 saturated heterocycles. The SMILES string of the molecule is O=C(N[C@@H](c1ccncc1)c1ccc(Cl)cc1)c1ccc(CO)o1. The van der Waals surface area contributed by atoms with Crippen LogP contribution in [0, 0.1) is 0 Å². The van der Waals surface area contributed by atoms with Gasteiger partial charge in [0.15, 0.2) is 5.76 Å². The third-order valence-electron chi connectivity index (χ3n) is 3.56. The first-order valence-corrected chi connectivity index (χ1v) is 7.71. The second-order valence-corrected chi connectivity index (χ2v) is 5.60. The summed E-state index contributed by atoms with van der Waals surface area (Å²) >= 11 is 5.95. The number of hydrogen-bond acceptors (Lipinski definition) is 4. The molecule has 0 saturated carbocycles. The molecule has 0 unspecified atom stereocenters. The van der Waals surface area contributed by atoms with Crippen LogP contribution in [0.5, 0.6) is 0 Å². The highest BCUT2D eigenvalue weighted by Crippen LogP contribution is 2.24. The van der Waals surface area contributed by atoms with Crippen molar-refractivity contribution in [2.75, 3.05) is 0 Å². The van der Waals surface area contributed by atoms with Gasteiger partial charge in [-0.05, 0) is 47.5 Å². The van der Waals surface area contributed by atoms with Crippen LogP contribution in [0.3, 0.4) is 0 Å². The number of aliphatic hydroxyl groups is 1. The van der Waals surface area contributed by atoms with E-state index in [1.165, 1.54) is 6.07 Å². The lowest BCUT2D eigenvalue weighted by Crippen LogP contribution is -2.29. The summed E-state index contributed by atoms with van der Waals surface area (Å²) in [6.45, 7) is -0.252. The normalized spacial score (nSPS) is 11.9. The highest BCUT2D eigenvalue weighted by Gasteiger charge is 2.20. The molecule has 24 heavy (non-hydrogen) atoms. The van der Waals surface area contributed by atoms with E-state index in [0.717, 1.165) is 11.1 Å². The number of pyridine rings is 1. The van der Waals surface area contributed by atoms with Crippen molar-refractivity contribution in [2.45, 2.75) is 12.6 Å². The molecule has 3 aromatic rings. The molecule has 0 radical (unpaired) electrons. The van der Waals surface area contributed by atoms with E-state index in [4.69, 9.17) is 21.1 Å². The Bertz CT molecular complexity index is 816. The summed E-state index contributed by atoms with van der Waals surface area (Å²) < 4.78 is 5.29. The number of nitrogens with zero attached hydrogens (tertiary/aromatic N) is 1. The second kappa shape index (κ2) is 7.29. The minimum absolute atomic E-state index is 0.145. The summed E-state index contributed by atoms with van der Waals surface area (Å²) in [5.41, 5.74) is 1.77. The average Bonchev–Trinajstić information content (AvgIpc) is 3.10. The number of benzene rings is 1. The number of furan rings is 1. The minimum atomic E-state index is -0.375. The maximum absolute atomic E-state index is 12.5. The van der Waals surface area contributed by atoms with Gasteiger partial charge in [-0.2, -0.15) is 0 Å². The molecule has 122 valence electrons. The zero-order chi connectivity index (χ0) is 16.9. The molecule has 0 aliphatic rings. The fourth-order valence-electron chi connectivity index (χ4n) is 2.36. The molecule has 0 fully saturated rings. The van der Waals surface area contributed by atoms with Crippen molar-refractivity contribution in [1.29, 1.82) is 0 Å². The Morgan fingerprint density at radius 3 is 2.38 bits per heavy atom. The maximum atomic E-state index is 12.5. The molecule has 0 bridgehead atoms. The van der Waals surface area contributed by atoms with Gasteiger partial charge in [-0.25, -0.2) is 0 Å². The fourth-order valence-corrected chi connectivity index (χ4v) is 2.48. The average molecular weight is 343 g/mol. The molecule has 6 heteroatoms. The van der Waals surface area contributed by atoms with Crippen molar-refractivity contribution in [2.24, 2.45) is 0 Å². The zero-order valence-corrected chi connectivity index (χ0v) is 13.4. The van der Waals surface area contributed by atoms with Crippen molar-refractivity contribution >= 4 is 17.5 Å². The smallest absolute Gasteiger partial charge is 0.287 e. The number of halogens is 1. The van der Waals surface area contributed by atoms with Crippen LogP contribution in [0.2, 0.25) is 5.02 Å². The molecule has 1 aromatic carbocycles. The summed E-state index contributed by atoms with van der Waals surface area (Å²) in [5.74, 6) is 0.116. The van der Waals surface area contributed by atoms with Crippen molar-refractivity contribution in [3.63, 3.8) is 0 Å². The molecule has 0 aliphatic heterocycles. The van der Waals surface area contributed by atoms with Crippen molar-refractivity contribution in [3.8, 4) is 0 Å². The maximum Gasteiger partial charge on any atom is 0.287 e. The summed E-state index contributed by atoms with van der Waals surface area (Å²) in [6.07, 6.45) is 3.34. The summed E-state index contributed by atoms with van der Waals surface area (Å²) in [4.78, 5) is 16.5. The van der Waals surface area contributed by atoms with Crippen LogP contribution in [0.4, 0.5) is 0 Å². The number of carbonyl (C=O) groups excluding carboxylic acids is 1. The molecule has 0 aliphatic carbocycles. The summed E-state index contributed by atoms with van der Waals surface area (Å²) in [7, 11) is 0. The van der Waals surface area contributed by atoms with E-state index in [0.29, 0.717) is 10.8 Å². The van der Waals surface area contributed by atoms with Gasteiger partial charge in [-0.3, -0.25) is 9.78 Å². The van der Waals surface area contributed by atoms with Crippen LogP contribution in [-0.4, -0.2) is 16.0 Å². The van der Waals surface area contributed by atoms with E-state index in [-0.39, 0.29) is 24.3 Å². The van der Waals surface area contributed by atoms with E-state index in [9.17, 15) is 4.79 Å². The van der Waals surface area contributed by atoms with E-state index in [1.54, 1.807) is 30.6 Å². The zero-order valence-electron chi connectivity index (χ0n) is 12.6. The van der Waals surface area contributed by atoms with Gasteiger partial charge in [-0.15, -0.1) is 0 Å². The molecule has 5 nitrogen and oxygen atoms in total. The van der Waals surface area contributed by atoms with E-state index in [1.807, 2.05) is 24.3 Å². The van der Waals surface area contributed by atoms with Crippen LogP contribution < -0.4 is 5.32 Å². The van der Waals surface area contributed by atoms with E-state index >= 15 is 0 Å². The summed E-state index contributed by atoms with van der Waals surface area (Å²) in [5, 5.41) is 12.6. The standard InChI is InChI=1S/C18H15ClN2O3/c19-14-3-1-12(2-4-14)17(13-7-9-20-10-8-13)21-18(23)16-6-5-15(11-22)24-16/h1-10,17,22H,11H2,(H,21,23)/t17-/m1/s1. The molecule has 2 aromatic heterocycles. The third-order valence-corrected chi connectivity index (χ3v) is 3.81. The number of rotatable bonds is 5. The van der Waals surface area contributed by atoms with Gasteiger partial charge >= 0.3 is 0 Å². The minimum Gasteiger partial charge on any atom is -0.453 e. The molecule has 2 N–H and O–H groups in total. The first-order chi connectivity index (χ1) is 11.7. The van der Waals surface area contributed by atoms with E-state index < -0.39 is 0 Å². The number of aliphatic hydroxyl groups excluding tert-OH is 1. The monoisotopic (exact) mass is 342 g/mol. The number of hydrogen-bond donors (Lipinski definition) is 2. The van der Waals surface area contributed by atoms with Crippen molar-refractivity contribution < 1.29 is 14.3 Å². The lowest BCUT2D eigenvalue weighted by atomic mass is 9.99. The summed E-state index contributed by atoms with van der Waals surface area (Å²) in [6, 6.07) is 13.7. The number of nitrogens with one attached hydrogen (secondary N) is 1. The Labute approximate surface area is 143 Å². The van der Waals surface area contributed by atoms with Gasteiger partial charge in [0, 0.05) is 17.4 Å². The number of amides is 1. The van der Waals surface area contributed by atoms with Crippen molar-refractivity contribution in [1.82, 2.24) is 10.3 Å². The number of carbonyl (C=O) groups is 1. The molecule has 1 amide bonds. The van der Waals surface area contributed by atoms with Crippen LogP contribution >= 0.6 is 11.6 Å². The Morgan fingerprint density at radius 2 is 1.75 bits per heavy atom. The van der Waals surface area contributed by atoms with Crippen molar-refractivity contribution in [3.05, 3.63) is 88.6 Å². The van der Waals surface area contributed by atoms with E-state index in [2.05, 4.69) is 10.3 Å². The predicted molar refractivity (Wildman–Crippen MR) is 89.6 cm³/mol. The third kappa shape index (κ3) is 3.64. The van der Waals surface area contributed by atoms with Gasteiger partial charge < -0.3 is 14.8 Å². The molecule has 2 heterocycles. The van der Waals surface area contributed by atoms with Crippen LogP contribution in [-0.2, 0) is 6.61 Å². The van der Waals surface area contributed by atoms with Crippen LogP contribution in [0.15, 0.2) is 65.3 Å². The Kier molecular flexibility index (Phi) is 4.93. The predicted octanol–water partition coefficient (Wildman–Crippen LogP) is 3.34. The largest absolute Gasteiger partial charge is 0.453 e. The van der Waals surface area contributed by atoms with Gasteiger partial charge in [-0.1, -0.05) is 23.7 Å². The highest BCUT2D eigenvalue weighted by molar-refractivity contribution is 6.30. The molecular formula is C18H15ClN2O3. The fraction of sp³-hybridized carbons (Fsp3) is 0.111. The molecule has 3 rings (SSSR count). The highest BCUT2D eigenvalue weighted by atomic mass is 35.5. The van der Waals surface area contributed by atoms with Gasteiger partial charge in [0.05, 0.1) is 6.04 Å². The lowest BCUT2D eigenvalue weighted by Gasteiger charge is -2.19. The van der Waals surface area contributed by atoms with Gasteiger partial charge in [0.25, 0.3) is 5.91 Å². The topological polar surface area (TPSA) is 75.4 Å². The van der Waals surface area contributed by atoms with Gasteiger partial charge in [0.1, 0.15) is 12.4 Å². The number of aromatic nitrogens is 1. The quantitative estimate of drug-likeness (QED) is 0.745. The first-order valence-electron chi connectivity index (χ1n) is 7.33. The first kappa shape index (κ1) is 16.2. The van der Waals surface area contributed by atoms with Crippen LogP contribution in [0.1, 0.15) is 33.5 Å². The molecule has 0 spiro atoms. The molecule has 1 atom stereocenters. The second-order valence-electron chi connectivity index (χ2n) is 5.16. The Balaban J connectivity index is 1.90. The lowest BCUT2D eigenvalue weighted by molar-refractivity contribution is 0.0910. The van der Waals surface area contributed by atoms with Gasteiger partial charge in [0.2, 0.25) is 0 Å². The molecular weight excluding hydrogens is 328 g/mol.